The molecule has 1 atom stereocenters. The largest absolute Gasteiger partial charge is 0.487 e. The highest BCUT2D eigenvalue weighted by Gasteiger charge is 2.27. The summed E-state index contributed by atoms with van der Waals surface area (Å²) in [5.74, 6) is 1.56. The van der Waals surface area contributed by atoms with Gasteiger partial charge in [0.15, 0.2) is 0 Å². The zero-order chi connectivity index (χ0) is 17.8. The Kier molecular flexibility index (Phi) is 5.37. The van der Waals surface area contributed by atoms with E-state index >= 15 is 0 Å². The van der Waals surface area contributed by atoms with Gasteiger partial charge >= 0.3 is 0 Å². The lowest BCUT2D eigenvalue weighted by molar-refractivity contribution is -0.121. The lowest BCUT2D eigenvalue weighted by Gasteiger charge is -2.14. The van der Waals surface area contributed by atoms with E-state index in [1.807, 2.05) is 18.2 Å². The number of aryl methyl sites for hydroxylation is 1. The Bertz CT molecular complexity index is 741. The number of carbonyl (C=O) groups excluding carboxylic acids is 1. The Balaban J connectivity index is 1.68. The summed E-state index contributed by atoms with van der Waals surface area (Å²) < 4.78 is 6.17. The summed E-state index contributed by atoms with van der Waals surface area (Å²) in [5.41, 5.74) is 4.35. The first kappa shape index (κ1) is 17.5. The Morgan fingerprint density at radius 3 is 2.92 bits per heavy atom. The minimum Gasteiger partial charge on any atom is -0.487 e. The number of aromatic nitrogens is 1. The second-order valence-corrected chi connectivity index (χ2v) is 7.20. The fourth-order valence-electron chi connectivity index (χ4n) is 3.15. The van der Waals surface area contributed by atoms with Crippen LogP contribution in [0.2, 0.25) is 0 Å². The molecule has 0 fully saturated rings. The molecule has 1 aliphatic heterocycles. The quantitative estimate of drug-likeness (QED) is 0.869. The van der Waals surface area contributed by atoms with E-state index in [0.29, 0.717) is 18.9 Å². The molecule has 1 aromatic heterocycles. The molecule has 4 nitrogen and oxygen atoms in total. The standard InChI is InChI=1S/C21H26N2O2/c1-14(2)7-8-20(24)23-13-17-12-16-10-15(3)11-18(21(16)25-17)19-6-4-5-9-22-19/h4-6,9-11,14,17H,7-8,12-13H2,1-3H3,(H,23,24). The van der Waals surface area contributed by atoms with Gasteiger partial charge in [-0.3, -0.25) is 9.78 Å². The van der Waals surface area contributed by atoms with Crippen molar-refractivity contribution in [1.82, 2.24) is 10.3 Å². The van der Waals surface area contributed by atoms with Crippen molar-refractivity contribution in [2.75, 3.05) is 6.54 Å². The second kappa shape index (κ2) is 7.68. The molecule has 0 saturated heterocycles. The van der Waals surface area contributed by atoms with Gasteiger partial charge < -0.3 is 10.1 Å². The first-order valence-corrected chi connectivity index (χ1v) is 9.01. The predicted octanol–water partition coefficient (Wildman–Crippen LogP) is 3.91. The third-order valence-corrected chi connectivity index (χ3v) is 4.46. The van der Waals surface area contributed by atoms with Gasteiger partial charge in [-0.25, -0.2) is 0 Å². The van der Waals surface area contributed by atoms with Gasteiger partial charge in [0.05, 0.1) is 12.2 Å². The molecule has 3 rings (SSSR count). The van der Waals surface area contributed by atoms with E-state index in [2.05, 4.69) is 43.2 Å². The number of hydrogen-bond donors (Lipinski definition) is 1. The molecule has 132 valence electrons. The summed E-state index contributed by atoms with van der Waals surface area (Å²) in [6.45, 7) is 6.90. The number of nitrogens with zero attached hydrogens (tertiary/aromatic N) is 1. The van der Waals surface area contributed by atoms with Gasteiger partial charge in [0.25, 0.3) is 0 Å². The molecular weight excluding hydrogens is 312 g/mol. The van der Waals surface area contributed by atoms with Crippen molar-refractivity contribution >= 4 is 5.91 Å². The van der Waals surface area contributed by atoms with Crippen LogP contribution in [-0.4, -0.2) is 23.5 Å². The number of hydrogen-bond acceptors (Lipinski definition) is 3. The van der Waals surface area contributed by atoms with Gasteiger partial charge in [0.2, 0.25) is 5.91 Å². The van der Waals surface area contributed by atoms with Crippen molar-refractivity contribution in [3.8, 4) is 17.0 Å². The second-order valence-electron chi connectivity index (χ2n) is 7.20. The molecule has 1 amide bonds. The average Bonchev–Trinajstić information content (AvgIpc) is 3.00. The molecule has 1 unspecified atom stereocenters. The molecule has 0 radical (unpaired) electrons. The monoisotopic (exact) mass is 338 g/mol. The predicted molar refractivity (Wildman–Crippen MR) is 99.6 cm³/mol. The van der Waals surface area contributed by atoms with Gasteiger partial charge in [-0.2, -0.15) is 0 Å². The Morgan fingerprint density at radius 2 is 2.20 bits per heavy atom. The van der Waals surface area contributed by atoms with E-state index in [0.717, 1.165) is 29.8 Å². The fourth-order valence-corrected chi connectivity index (χ4v) is 3.15. The van der Waals surface area contributed by atoms with Crippen molar-refractivity contribution in [1.29, 1.82) is 0 Å². The number of rotatable bonds is 6. The summed E-state index contributed by atoms with van der Waals surface area (Å²) in [6.07, 6.45) is 4.10. The zero-order valence-electron chi connectivity index (χ0n) is 15.2. The highest BCUT2D eigenvalue weighted by Crippen LogP contribution is 2.39. The van der Waals surface area contributed by atoms with Crippen LogP contribution in [0.5, 0.6) is 5.75 Å². The number of carbonyl (C=O) groups is 1. The summed E-state index contributed by atoms with van der Waals surface area (Å²) in [6, 6.07) is 10.2. The van der Waals surface area contributed by atoms with Crippen molar-refractivity contribution in [2.45, 2.75) is 46.1 Å². The summed E-state index contributed by atoms with van der Waals surface area (Å²) >= 11 is 0. The van der Waals surface area contributed by atoms with Crippen LogP contribution in [0.1, 0.15) is 37.8 Å². The number of amides is 1. The molecule has 0 spiro atoms. The Morgan fingerprint density at radius 1 is 1.36 bits per heavy atom. The van der Waals surface area contributed by atoms with Gasteiger partial charge in [-0.05, 0) is 48.6 Å². The minimum atomic E-state index is -0.0118. The van der Waals surface area contributed by atoms with Crippen LogP contribution in [-0.2, 0) is 11.2 Å². The van der Waals surface area contributed by atoms with Crippen LogP contribution in [0.4, 0.5) is 0 Å². The van der Waals surface area contributed by atoms with Crippen molar-refractivity contribution in [2.24, 2.45) is 5.92 Å². The van der Waals surface area contributed by atoms with Crippen molar-refractivity contribution in [3.63, 3.8) is 0 Å². The molecule has 0 bridgehead atoms. The summed E-state index contributed by atoms with van der Waals surface area (Å²) in [7, 11) is 0. The first-order valence-electron chi connectivity index (χ1n) is 9.01. The molecule has 1 aromatic carbocycles. The van der Waals surface area contributed by atoms with E-state index in [1.165, 1.54) is 11.1 Å². The van der Waals surface area contributed by atoms with Gasteiger partial charge in [-0.15, -0.1) is 0 Å². The molecule has 1 N–H and O–H groups in total. The van der Waals surface area contributed by atoms with Crippen molar-refractivity contribution < 1.29 is 9.53 Å². The van der Waals surface area contributed by atoms with Crippen LogP contribution in [0.25, 0.3) is 11.3 Å². The zero-order valence-corrected chi connectivity index (χ0v) is 15.2. The molecule has 2 aromatic rings. The number of ether oxygens (including phenoxy) is 1. The maximum absolute atomic E-state index is 11.9. The molecule has 4 heteroatoms. The van der Waals surface area contributed by atoms with E-state index in [9.17, 15) is 4.79 Å². The topological polar surface area (TPSA) is 51.2 Å². The number of nitrogens with one attached hydrogen (secondary N) is 1. The Labute approximate surface area is 149 Å². The van der Waals surface area contributed by atoms with E-state index in [-0.39, 0.29) is 12.0 Å². The summed E-state index contributed by atoms with van der Waals surface area (Å²) in [5, 5.41) is 3.01. The SMILES string of the molecule is Cc1cc2c(c(-c3ccccn3)c1)OC(CNC(=O)CCC(C)C)C2. The van der Waals surface area contributed by atoms with Gasteiger partial charge in [0.1, 0.15) is 11.9 Å². The molecular formula is C21H26N2O2. The lowest BCUT2D eigenvalue weighted by Crippen LogP contribution is -2.34. The van der Waals surface area contributed by atoms with E-state index < -0.39 is 0 Å². The van der Waals surface area contributed by atoms with Crippen LogP contribution >= 0.6 is 0 Å². The van der Waals surface area contributed by atoms with Crippen LogP contribution in [0.3, 0.4) is 0 Å². The molecule has 25 heavy (non-hydrogen) atoms. The lowest BCUT2D eigenvalue weighted by atomic mass is 10.0. The third kappa shape index (κ3) is 4.38. The maximum atomic E-state index is 11.9. The number of benzene rings is 1. The molecule has 1 aliphatic rings. The normalized spacial score (nSPS) is 15.8. The molecule has 2 heterocycles. The Hall–Kier alpha value is -2.36. The highest BCUT2D eigenvalue weighted by molar-refractivity contribution is 5.76. The first-order chi connectivity index (χ1) is 12.0. The fraction of sp³-hybridized carbons (Fsp3) is 0.429. The van der Waals surface area contributed by atoms with Gasteiger partial charge in [0, 0.05) is 24.6 Å². The summed E-state index contributed by atoms with van der Waals surface area (Å²) in [4.78, 5) is 16.4. The minimum absolute atomic E-state index is 0.0118. The molecule has 0 aliphatic carbocycles. The van der Waals surface area contributed by atoms with Crippen LogP contribution in [0, 0.1) is 12.8 Å². The highest BCUT2D eigenvalue weighted by atomic mass is 16.5. The van der Waals surface area contributed by atoms with Crippen LogP contribution < -0.4 is 10.1 Å². The third-order valence-electron chi connectivity index (χ3n) is 4.46. The van der Waals surface area contributed by atoms with E-state index in [1.54, 1.807) is 6.20 Å². The van der Waals surface area contributed by atoms with Gasteiger partial charge in [-0.1, -0.05) is 26.0 Å². The van der Waals surface area contributed by atoms with Crippen molar-refractivity contribution in [3.05, 3.63) is 47.7 Å². The average molecular weight is 338 g/mol. The maximum Gasteiger partial charge on any atom is 0.220 e. The van der Waals surface area contributed by atoms with E-state index in [4.69, 9.17) is 4.74 Å². The number of fused-ring (bicyclic) bond motifs is 1. The van der Waals surface area contributed by atoms with Crippen LogP contribution in [0.15, 0.2) is 36.5 Å². The smallest absolute Gasteiger partial charge is 0.220 e. The number of pyridine rings is 1. The molecule has 0 saturated carbocycles.